The molecule has 72 valence electrons. The maximum absolute atomic E-state index is 11.1. The minimum atomic E-state index is -1.22. The summed E-state index contributed by atoms with van der Waals surface area (Å²) in [5.74, 6) is -1.04. The number of aromatic amines is 1. The highest BCUT2D eigenvalue weighted by Gasteiger charge is 2.34. The van der Waals surface area contributed by atoms with Gasteiger partial charge in [-0.25, -0.2) is 14.7 Å². The zero-order valence-electron chi connectivity index (χ0n) is 7.44. The summed E-state index contributed by atoms with van der Waals surface area (Å²) < 4.78 is 1.08. The molecule has 0 saturated heterocycles. The van der Waals surface area contributed by atoms with Gasteiger partial charge in [-0.3, -0.25) is 4.57 Å². The van der Waals surface area contributed by atoms with Crippen LogP contribution in [0, 0.1) is 0 Å². The van der Waals surface area contributed by atoms with Crippen LogP contribution >= 0.6 is 0 Å². The summed E-state index contributed by atoms with van der Waals surface area (Å²) in [7, 11) is 0. The van der Waals surface area contributed by atoms with Crippen molar-refractivity contribution in [3.05, 3.63) is 16.8 Å². The molecule has 0 amide bonds. The van der Waals surface area contributed by atoms with E-state index in [9.17, 15) is 9.59 Å². The molecule has 0 radical (unpaired) electrons. The lowest BCUT2D eigenvalue weighted by Crippen LogP contribution is -2.43. The second-order valence-electron chi connectivity index (χ2n) is 2.96. The number of H-pyrrole nitrogens is 1. The third-order valence-corrected chi connectivity index (χ3v) is 2.23. The first-order valence-electron chi connectivity index (χ1n) is 3.88. The molecule has 13 heavy (non-hydrogen) atoms. The summed E-state index contributed by atoms with van der Waals surface area (Å²) in [4.78, 5) is 22.0. The fourth-order valence-electron chi connectivity index (χ4n) is 1.02. The summed E-state index contributed by atoms with van der Waals surface area (Å²) in [5.41, 5.74) is -1.73. The normalized spacial score (nSPS) is 15.2. The molecule has 0 saturated carbocycles. The predicted molar refractivity (Wildman–Crippen MR) is 44.4 cm³/mol. The molecule has 6 heteroatoms. The number of carboxylic acid groups (broad SMARTS) is 1. The molecule has 6 nitrogen and oxygen atoms in total. The van der Waals surface area contributed by atoms with Gasteiger partial charge in [0.05, 0.1) is 0 Å². The first kappa shape index (κ1) is 9.50. The Balaban J connectivity index is 3.25. The Bertz CT molecular complexity index is 367. The molecule has 0 aliphatic heterocycles. The highest BCUT2D eigenvalue weighted by molar-refractivity contribution is 5.76. The van der Waals surface area contributed by atoms with E-state index >= 15 is 0 Å². The average Bonchev–Trinajstić information content (AvgIpc) is 2.50. The lowest BCUT2D eigenvalue weighted by atomic mass is 9.99. The van der Waals surface area contributed by atoms with Crippen molar-refractivity contribution in [2.24, 2.45) is 0 Å². The smallest absolute Gasteiger partial charge is 0.344 e. The van der Waals surface area contributed by atoms with Gasteiger partial charge in [-0.15, -0.1) is 0 Å². The minimum absolute atomic E-state index is 0.321. The first-order valence-corrected chi connectivity index (χ1v) is 3.88. The molecule has 0 aliphatic carbocycles. The topological polar surface area (TPSA) is 88.0 Å². The van der Waals surface area contributed by atoms with E-state index in [-0.39, 0.29) is 0 Å². The number of hydrogen-bond donors (Lipinski definition) is 2. The highest BCUT2D eigenvalue weighted by atomic mass is 16.4. The van der Waals surface area contributed by atoms with Crippen LogP contribution in [0.25, 0.3) is 0 Å². The molecule has 2 N–H and O–H groups in total. The van der Waals surface area contributed by atoms with E-state index in [1.165, 1.54) is 13.3 Å². The molecule has 0 aliphatic rings. The lowest BCUT2D eigenvalue weighted by molar-refractivity contribution is -0.147. The van der Waals surface area contributed by atoms with Crippen LogP contribution in [-0.4, -0.2) is 25.8 Å². The van der Waals surface area contributed by atoms with Crippen LogP contribution in [0.4, 0.5) is 0 Å². The Kier molecular flexibility index (Phi) is 2.22. The molecule has 1 atom stereocenters. The molecule has 1 rings (SSSR count). The molecule has 0 aromatic carbocycles. The standard InChI is InChI=1S/C7H11N3O3/c1-3-7(2,5(11)12)10-4-8-9-6(10)13/h4H,3H2,1-2H3,(H,9,13)(H,11,12). The number of carboxylic acids is 1. The van der Waals surface area contributed by atoms with Gasteiger partial charge in [0.1, 0.15) is 11.9 Å². The number of nitrogens with one attached hydrogen (secondary N) is 1. The molecule has 1 unspecified atom stereocenters. The molecule has 1 aromatic rings. The summed E-state index contributed by atoms with van der Waals surface area (Å²) in [5, 5.41) is 14.6. The van der Waals surface area contributed by atoms with E-state index in [0.717, 1.165) is 4.57 Å². The third kappa shape index (κ3) is 1.34. The second kappa shape index (κ2) is 3.04. The zero-order chi connectivity index (χ0) is 10.1. The van der Waals surface area contributed by atoms with Gasteiger partial charge in [0.15, 0.2) is 0 Å². The van der Waals surface area contributed by atoms with Crippen molar-refractivity contribution in [2.75, 3.05) is 0 Å². The predicted octanol–water partition coefficient (Wildman–Crippen LogP) is -0.219. The van der Waals surface area contributed by atoms with Gasteiger partial charge < -0.3 is 5.11 Å². The Labute approximate surface area is 74.2 Å². The maximum Gasteiger partial charge on any atom is 0.344 e. The van der Waals surface area contributed by atoms with Crippen molar-refractivity contribution in [3.63, 3.8) is 0 Å². The van der Waals surface area contributed by atoms with Crippen LogP contribution in [0.3, 0.4) is 0 Å². The fraction of sp³-hybridized carbons (Fsp3) is 0.571. The van der Waals surface area contributed by atoms with Crippen molar-refractivity contribution in [1.29, 1.82) is 0 Å². The summed E-state index contributed by atoms with van der Waals surface area (Å²) in [6.45, 7) is 3.18. The van der Waals surface area contributed by atoms with E-state index in [4.69, 9.17) is 5.11 Å². The van der Waals surface area contributed by atoms with E-state index in [0.29, 0.717) is 6.42 Å². The van der Waals surface area contributed by atoms with Crippen molar-refractivity contribution in [3.8, 4) is 0 Å². The quantitative estimate of drug-likeness (QED) is 0.681. The number of nitrogens with zero attached hydrogens (tertiary/aromatic N) is 2. The second-order valence-corrected chi connectivity index (χ2v) is 2.96. The van der Waals surface area contributed by atoms with E-state index in [1.54, 1.807) is 6.92 Å². The molecular weight excluding hydrogens is 174 g/mol. The molecule has 1 heterocycles. The summed E-state index contributed by atoms with van der Waals surface area (Å²) >= 11 is 0. The molecular formula is C7H11N3O3. The van der Waals surface area contributed by atoms with Crippen molar-refractivity contribution < 1.29 is 9.90 Å². The summed E-state index contributed by atoms with van der Waals surface area (Å²) in [6.07, 6.45) is 1.52. The van der Waals surface area contributed by atoms with E-state index in [1.807, 2.05) is 0 Å². The number of aromatic nitrogens is 3. The van der Waals surface area contributed by atoms with Gasteiger partial charge in [0, 0.05) is 0 Å². The van der Waals surface area contributed by atoms with E-state index < -0.39 is 17.2 Å². The molecule has 0 bridgehead atoms. The Morgan fingerprint density at radius 2 is 2.46 bits per heavy atom. The Morgan fingerprint density at radius 3 is 2.77 bits per heavy atom. The number of rotatable bonds is 3. The molecule has 1 aromatic heterocycles. The third-order valence-electron chi connectivity index (χ3n) is 2.23. The minimum Gasteiger partial charge on any atom is -0.479 e. The van der Waals surface area contributed by atoms with Crippen LogP contribution in [-0.2, 0) is 10.3 Å². The SMILES string of the molecule is CCC(C)(C(=O)O)n1cn[nH]c1=O. The van der Waals surface area contributed by atoms with Crippen LogP contribution in [0.15, 0.2) is 11.1 Å². The molecule has 0 spiro atoms. The van der Waals surface area contributed by atoms with Crippen LogP contribution in [0.5, 0.6) is 0 Å². The number of carbonyl (C=O) groups is 1. The maximum atomic E-state index is 11.1. The summed E-state index contributed by atoms with van der Waals surface area (Å²) in [6, 6.07) is 0. The zero-order valence-corrected chi connectivity index (χ0v) is 7.44. The number of hydrogen-bond acceptors (Lipinski definition) is 3. The van der Waals surface area contributed by atoms with Gasteiger partial charge in [-0.2, -0.15) is 5.10 Å². The average molecular weight is 185 g/mol. The monoisotopic (exact) mass is 185 g/mol. The van der Waals surface area contributed by atoms with Gasteiger partial charge in [-0.1, -0.05) is 6.92 Å². The van der Waals surface area contributed by atoms with Crippen molar-refractivity contribution in [2.45, 2.75) is 25.8 Å². The van der Waals surface area contributed by atoms with Crippen molar-refractivity contribution >= 4 is 5.97 Å². The molecule has 0 fully saturated rings. The number of aliphatic carboxylic acids is 1. The Morgan fingerprint density at radius 1 is 1.85 bits per heavy atom. The van der Waals surface area contributed by atoms with Gasteiger partial charge in [0.25, 0.3) is 0 Å². The van der Waals surface area contributed by atoms with Gasteiger partial charge >= 0.3 is 11.7 Å². The Hall–Kier alpha value is -1.59. The van der Waals surface area contributed by atoms with Crippen molar-refractivity contribution in [1.82, 2.24) is 14.8 Å². The largest absolute Gasteiger partial charge is 0.479 e. The van der Waals surface area contributed by atoms with Gasteiger partial charge in [-0.05, 0) is 13.3 Å². The van der Waals surface area contributed by atoms with Crippen LogP contribution in [0.1, 0.15) is 20.3 Å². The van der Waals surface area contributed by atoms with Crippen LogP contribution < -0.4 is 5.69 Å². The lowest BCUT2D eigenvalue weighted by Gasteiger charge is -2.22. The van der Waals surface area contributed by atoms with Crippen LogP contribution in [0.2, 0.25) is 0 Å². The fourth-order valence-corrected chi connectivity index (χ4v) is 1.02. The highest BCUT2D eigenvalue weighted by Crippen LogP contribution is 2.17. The van der Waals surface area contributed by atoms with Gasteiger partial charge in [0.2, 0.25) is 0 Å². The van der Waals surface area contributed by atoms with E-state index in [2.05, 4.69) is 10.2 Å². The first-order chi connectivity index (χ1) is 6.02.